The maximum atomic E-state index is 12.4. The zero-order valence-corrected chi connectivity index (χ0v) is 14.2. The first-order valence-electron chi connectivity index (χ1n) is 7.49. The molecule has 1 amide bonds. The molecule has 1 unspecified atom stereocenters. The van der Waals surface area contributed by atoms with E-state index in [1.807, 2.05) is 6.07 Å². The third kappa shape index (κ3) is 4.41. The summed E-state index contributed by atoms with van der Waals surface area (Å²) in [6, 6.07) is 2.26. The average Bonchev–Trinajstić information content (AvgIpc) is 2.88. The molecule has 1 fully saturated rings. The summed E-state index contributed by atoms with van der Waals surface area (Å²) in [5.74, 6) is 0.583. The van der Waals surface area contributed by atoms with Crippen molar-refractivity contribution in [2.45, 2.75) is 32.2 Å². The number of halogens is 1. The van der Waals surface area contributed by atoms with Gasteiger partial charge in [0.15, 0.2) is 0 Å². The van der Waals surface area contributed by atoms with Gasteiger partial charge in [0.1, 0.15) is 5.82 Å². The highest BCUT2D eigenvalue weighted by molar-refractivity contribution is 9.10. The molecule has 2 rings (SSSR count). The second kappa shape index (κ2) is 7.75. The number of nitrogens with one attached hydrogen (secondary N) is 2. The summed E-state index contributed by atoms with van der Waals surface area (Å²) < 4.78 is 0.813. The van der Waals surface area contributed by atoms with Crippen molar-refractivity contribution in [3.05, 3.63) is 22.3 Å². The molecule has 0 radical (unpaired) electrons. The molecule has 0 saturated carbocycles. The van der Waals surface area contributed by atoms with E-state index in [9.17, 15) is 4.79 Å². The van der Waals surface area contributed by atoms with Crippen LogP contribution in [-0.4, -0.2) is 48.5 Å². The normalized spacial score (nSPS) is 18.7. The Balaban J connectivity index is 2.01. The smallest absolute Gasteiger partial charge is 0.255 e. The largest absolute Gasteiger partial charge is 0.369 e. The number of nitrogens with zero attached hydrogens (tertiary/aromatic N) is 2. The molecule has 1 atom stereocenters. The van der Waals surface area contributed by atoms with E-state index in [1.54, 1.807) is 6.20 Å². The van der Waals surface area contributed by atoms with Gasteiger partial charge in [0.2, 0.25) is 0 Å². The van der Waals surface area contributed by atoms with Crippen LogP contribution < -0.4 is 10.6 Å². The van der Waals surface area contributed by atoms with Gasteiger partial charge in [-0.25, -0.2) is 4.98 Å². The lowest BCUT2D eigenvalue weighted by atomic mass is 10.2. The number of likely N-dealkylation sites (tertiary alicyclic amines) is 1. The van der Waals surface area contributed by atoms with E-state index in [2.05, 4.69) is 50.4 Å². The number of amides is 1. The molecule has 1 saturated heterocycles. The van der Waals surface area contributed by atoms with Gasteiger partial charge in [-0.1, -0.05) is 6.92 Å². The van der Waals surface area contributed by atoms with Gasteiger partial charge in [-0.2, -0.15) is 0 Å². The minimum Gasteiger partial charge on any atom is -0.369 e. The summed E-state index contributed by atoms with van der Waals surface area (Å²) in [7, 11) is 2.11. The van der Waals surface area contributed by atoms with Crippen molar-refractivity contribution < 1.29 is 4.79 Å². The molecule has 6 heteroatoms. The first-order valence-corrected chi connectivity index (χ1v) is 8.29. The van der Waals surface area contributed by atoms with Gasteiger partial charge in [0, 0.05) is 29.8 Å². The Kier molecular flexibility index (Phi) is 5.99. The molecular formula is C15H23BrN4O. The summed E-state index contributed by atoms with van der Waals surface area (Å²) in [4.78, 5) is 19.0. The van der Waals surface area contributed by atoms with Crippen molar-refractivity contribution in [1.29, 1.82) is 0 Å². The molecular weight excluding hydrogens is 332 g/mol. The lowest BCUT2D eigenvalue weighted by Crippen LogP contribution is -2.38. The van der Waals surface area contributed by atoms with Crippen LogP contribution in [0.3, 0.4) is 0 Å². The lowest BCUT2D eigenvalue weighted by Gasteiger charge is -2.20. The van der Waals surface area contributed by atoms with Crippen LogP contribution in [0.25, 0.3) is 0 Å². The maximum Gasteiger partial charge on any atom is 0.255 e. The molecule has 0 spiro atoms. The molecule has 21 heavy (non-hydrogen) atoms. The summed E-state index contributed by atoms with van der Waals surface area (Å²) >= 11 is 3.38. The van der Waals surface area contributed by atoms with Crippen molar-refractivity contribution in [2.75, 3.05) is 32.0 Å². The molecule has 1 aliphatic heterocycles. The Hall–Kier alpha value is -1.14. The highest BCUT2D eigenvalue weighted by Gasteiger charge is 2.22. The number of hydrogen-bond donors (Lipinski definition) is 2. The van der Waals surface area contributed by atoms with Gasteiger partial charge in [-0.05, 0) is 54.9 Å². The lowest BCUT2D eigenvalue weighted by molar-refractivity contribution is 0.0944. The fraction of sp³-hybridized carbons (Fsp3) is 0.600. The van der Waals surface area contributed by atoms with Crippen LogP contribution >= 0.6 is 15.9 Å². The first-order chi connectivity index (χ1) is 10.1. The molecule has 1 aromatic heterocycles. The van der Waals surface area contributed by atoms with Crippen molar-refractivity contribution in [2.24, 2.45) is 0 Å². The summed E-state index contributed by atoms with van der Waals surface area (Å²) in [6.07, 6.45) is 5.05. The molecule has 0 aliphatic carbocycles. The van der Waals surface area contributed by atoms with E-state index in [-0.39, 0.29) is 5.91 Å². The van der Waals surface area contributed by atoms with Crippen LogP contribution in [-0.2, 0) is 0 Å². The SMILES string of the molecule is CCCNc1ncc(Br)cc1C(=O)NCC1CCCN1C. The third-order valence-electron chi connectivity index (χ3n) is 3.81. The fourth-order valence-electron chi connectivity index (χ4n) is 2.54. The summed E-state index contributed by atoms with van der Waals surface area (Å²) in [5.41, 5.74) is 0.596. The second-order valence-corrected chi connectivity index (χ2v) is 6.38. The molecule has 1 aliphatic rings. The van der Waals surface area contributed by atoms with Gasteiger partial charge in [-0.15, -0.1) is 0 Å². The standard InChI is InChI=1S/C15H23BrN4O/c1-3-6-17-14-13(8-11(16)9-18-14)15(21)19-10-12-5-4-7-20(12)2/h8-9,12H,3-7,10H2,1-2H3,(H,17,18)(H,19,21). The minimum atomic E-state index is -0.0669. The van der Waals surface area contributed by atoms with Crippen LogP contribution in [0.15, 0.2) is 16.7 Å². The number of anilines is 1. The quantitative estimate of drug-likeness (QED) is 0.823. The van der Waals surface area contributed by atoms with E-state index in [0.717, 1.165) is 30.4 Å². The molecule has 2 heterocycles. The molecule has 0 aromatic carbocycles. The van der Waals surface area contributed by atoms with Gasteiger partial charge < -0.3 is 15.5 Å². The second-order valence-electron chi connectivity index (χ2n) is 5.46. The van der Waals surface area contributed by atoms with Gasteiger partial charge in [0.25, 0.3) is 5.91 Å². The van der Waals surface area contributed by atoms with Gasteiger partial charge in [-0.3, -0.25) is 4.79 Å². The van der Waals surface area contributed by atoms with Crippen molar-refractivity contribution >= 4 is 27.7 Å². The molecule has 0 bridgehead atoms. The molecule has 2 N–H and O–H groups in total. The number of hydrogen-bond acceptors (Lipinski definition) is 4. The van der Waals surface area contributed by atoms with Gasteiger partial charge >= 0.3 is 0 Å². The number of rotatable bonds is 6. The Bertz CT molecular complexity index is 495. The Morgan fingerprint density at radius 3 is 3.05 bits per heavy atom. The van der Waals surface area contributed by atoms with E-state index < -0.39 is 0 Å². The van der Waals surface area contributed by atoms with Crippen LogP contribution in [0.4, 0.5) is 5.82 Å². The van der Waals surface area contributed by atoms with Gasteiger partial charge in [0.05, 0.1) is 5.56 Å². The van der Waals surface area contributed by atoms with Crippen LogP contribution in [0.2, 0.25) is 0 Å². The highest BCUT2D eigenvalue weighted by atomic mass is 79.9. The number of carbonyl (C=O) groups is 1. The zero-order valence-electron chi connectivity index (χ0n) is 12.7. The zero-order chi connectivity index (χ0) is 15.2. The van der Waals surface area contributed by atoms with Crippen LogP contribution in [0, 0.1) is 0 Å². The Morgan fingerprint density at radius 2 is 2.38 bits per heavy atom. The van der Waals surface area contributed by atoms with Crippen molar-refractivity contribution in [3.8, 4) is 0 Å². The third-order valence-corrected chi connectivity index (χ3v) is 4.24. The minimum absolute atomic E-state index is 0.0669. The number of aromatic nitrogens is 1. The summed E-state index contributed by atoms with van der Waals surface area (Å²) in [5, 5.41) is 6.24. The predicted molar refractivity (Wildman–Crippen MR) is 88.7 cm³/mol. The average molecular weight is 355 g/mol. The summed E-state index contributed by atoms with van der Waals surface area (Å²) in [6.45, 7) is 4.69. The molecule has 116 valence electrons. The Morgan fingerprint density at radius 1 is 1.57 bits per heavy atom. The fourth-order valence-corrected chi connectivity index (χ4v) is 2.87. The topological polar surface area (TPSA) is 57.3 Å². The first kappa shape index (κ1) is 16.2. The van der Waals surface area contributed by atoms with E-state index in [4.69, 9.17) is 0 Å². The van der Waals surface area contributed by atoms with Crippen molar-refractivity contribution in [1.82, 2.24) is 15.2 Å². The van der Waals surface area contributed by atoms with E-state index in [0.29, 0.717) is 24.0 Å². The number of pyridine rings is 1. The predicted octanol–water partition coefficient (Wildman–Crippen LogP) is 2.49. The molecule has 5 nitrogen and oxygen atoms in total. The number of likely N-dealkylation sites (N-methyl/N-ethyl adjacent to an activating group) is 1. The highest BCUT2D eigenvalue weighted by Crippen LogP contribution is 2.19. The van der Waals surface area contributed by atoms with Crippen molar-refractivity contribution in [3.63, 3.8) is 0 Å². The Labute approximate surface area is 134 Å². The van der Waals surface area contributed by atoms with E-state index >= 15 is 0 Å². The monoisotopic (exact) mass is 354 g/mol. The maximum absolute atomic E-state index is 12.4. The van der Waals surface area contributed by atoms with Crippen LogP contribution in [0.5, 0.6) is 0 Å². The number of carbonyl (C=O) groups excluding carboxylic acids is 1. The van der Waals surface area contributed by atoms with E-state index in [1.165, 1.54) is 6.42 Å². The van der Waals surface area contributed by atoms with Crippen LogP contribution in [0.1, 0.15) is 36.5 Å². The molecule has 1 aromatic rings.